The highest BCUT2D eigenvalue weighted by molar-refractivity contribution is 5.93. The molecule has 142 valence electrons. The molecule has 28 heavy (non-hydrogen) atoms. The molecule has 0 saturated carbocycles. The number of imidazole rings is 1. The third kappa shape index (κ3) is 2.77. The van der Waals surface area contributed by atoms with Gasteiger partial charge in [0.15, 0.2) is 0 Å². The van der Waals surface area contributed by atoms with Crippen LogP contribution in [-0.2, 0) is 4.74 Å². The predicted octanol–water partition coefficient (Wildman–Crippen LogP) is 3.00. The maximum absolute atomic E-state index is 11.7. The molecule has 4 aromatic rings. The Morgan fingerprint density at radius 1 is 1.21 bits per heavy atom. The lowest BCUT2D eigenvalue weighted by molar-refractivity contribution is 0.0601. The second-order valence-electron chi connectivity index (χ2n) is 7.04. The van der Waals surface area contributed by atoms with E-state index in [1.807, 2.05) is 18.3 Å². The Hall–Kier alpha value is -3.42. The van der Waals surface area contributed by atoms with Crippen molar-refractivity contribution in [2.75, 3.05) is 25.1 Å². The molecular weight excluding hydrogens is 356 g/mol. The Bertz CT molecular complexity index is 1160. The molecule has 1 aromatic carbocycles. The molecule has 3 aromatic heterocycles. The molecule has 0 aliphatic carbocycles. The van der Waals surface area contributed by atoms with Crippen molar-refractivity contribution in [3.63, 3.8) is 0 Å². The van der Waals surface area contributed by atoms with E-state index in [1.165, 1.54) is 7.11 Å². The van der Waals surface area contributed by atoms with Crippen LogP contribution in [0.25, 0.3) is 22.1 Å². The highest BCUT2D eigenvalue weighted by Crippen LogP contribution is 2.31. The number of nitrogens with one attached hydrogen (secondary N) is 2. The predicted molar refractivity (Wildman–Crippen MR) is 106 cm³/mol. The van der Waals surface area contributed by atoms with Crippen LogP contribution in [0.15, 0.2) is 36.8 Å². The number of ether oxygens (including phenoxy) is 1. The molecule has 5 rings (SSSR count). The van der Waals surface area contributed by atoms with Crippen molar-refractivity contribution >= 4 is 33.9 Å². The zero-order valence-electron chi connectivity index (χ0n) is 15.5. The van der Waals surface area contributed by atoms with Crippen molar-refractivity contribution < 1.29 is 9.53 Å². The standard InChI is InChI=1S/C20H20N6O2/c1-28-20(27)13-2-3-15-16(10-13)25-17(24-15)12-5-8-26(9-6-12)19-14-4-7-21-18(14)22-11-23-19/h2-4,7,10-12H,5-6,8-9H2,1H3,(H,24,25)(H,21,22,23). The van der Waals surface area contributed by atoms with Crippen LogP contribution in [-0.4, -0.2) is 51.1 Å². The molecule has 1 fully saturated rings. The van der Waals surface area contributed by atoms with Crippen molar-refractivity contribution in [1.29, 1.82) is 0 Å². The molecule has 0 unspecified atom stereocenters. The molecule has 8 heteroatoms. The second-order valence-corrected chi connectivity index (χ2v) is 7.04. The Balaban J connectivity index is 1.35. The number of anilines is 1. The van der Waals surface area contributed by atoms with Gasteiger partial charge in [-0.2, -0.15) is 0 Å². The summed E-state index contributed by atoms with van der Waals surface area (Å²) >= 11 is 0. The zero-order valence-corrected chi connectivity index (χ0v) is 15.5. The summed E-state index contributed by atoms with van der Waals surface area (Å²) in [4.78, 5) is 34.1. The van der Waals surface area contributed by atoms with Gasteiger partial charge in [-0.25, -0.2) is 19.7 Å². The topological polar surface area (TPSA) is 99.8 Å². The van der Waals surface area contributed by atoms with Crippen LogP contribution in [0, 0.1) is 0 Å². The number of carbonyl (C=O) groups excluding carboxylic acids is 1. The lowest BCUT2D eigenvalue weighted by atomic mass is 9.96. The molecule has 0 radical (unpaired) electrons. The minimum atomic E-state index is -0.340. The smallest absolute Gasteiger partial charge is 0.337 e. The van der Waals surface area contributed by atoms with E-state index in [4.69, 9.17) is 9.72 Å². The summed E-state index contributed by atoms with van der Waals surface area (Å²) in [6, 6.07) is 7.43. The summed E-state index contributed by atoms with van der Waals surface area (Å²) in [6.07, 6.45) is 5.48. The number of piperidine rings is 1. The number of H-pyrrole nitrogens is 2. The maximum atomic E-state index is 11.7. The van der Waals surface area contributed by atoms with E-state index >= 15 is 0 Å². The number of carbonyl (C=O) groups is 1. The summed E-state index contributed by atoms with van der Waals surface area (Å²) in [5.41, 5.74) is 3.13. The maximum Gasteiger partial charge on any atom is 0.337 e. The number of hydrogen-bond acceptors (Lipinski definition) is 6. The summed E-state index contributed by atoms with van der Waals surface area (Å²) in [5, 5.41) is 1.06. The van der Waals surface area contributed by atoms with E-state index in [2.05, 4.69) is 24.8 Å². The van der Waals surface area contributed by atoms with Crippen LogP contribution in [0.4, 0.5) is 5.82 Å². The minimum absolute atomic E-state index is 0.340. The van der Waals surface area contributed by atoms with Gasteiger partial charge < -0.3 is 19.6 Å². The van der Waals surface area contributed by atoms with Crippen LogP contribution in [0.2, 0.25) is 0 Å². The van der Waals surface area contributed by atoms with Crippen LogP contribution < -0.4 is 4.90 Å². The van der Waals surface area contributed by atoms with Crippen molar-refractivity contribution in [2.45, 2.75) is 18.8 Å². The fourth-order valence-electron chi connectivity index (χ4n) is 3.94. The van der Waals surface area contributed by atoms with Gasteiger partial charge in [0.1, 0.15) is 23.6 Å². The summed E-state index contributed by atoms with van der Waals surface area (Å²) in [7, 11) is 1.39. The largest absolute Gasteiger partial charge is 0.465 e. The van der Waals surface area contributed by atoms with Gasteiger partial charge in [0.2, 0.25) is 0 Å². The third-order valence-electron chi connectivity index (χ3n) is 5.44. The molecular formula is C20H20N6O2. The van der Waals surface area contributed by atoms with Gasteiger partial charge in [-0.15, -0.1) is 0 Å². The molecule has 0 atom stereocenters. The van der Waals surface area contributed by atoms with E-state index in [-0.39, 0.29) is 5.97 Å². The third-order valence-corrected chi connectivity index (χ3v) is 5.44. The Morgan fingerprint density at radius 2 is 2.07 bits per heavy atom. The first-order valence-electron chi connectivity index (χ1n) is 9.34. The number of aromatic amines is 2. The van der Waals surface area contributed by atoms with E-state index in [9.17, 15) is 4.79 Å². The Kier molecular flexibility index (Phi) is 3.96. The number of fused-ring (bicyclic) bond motifs is 2. The van der Waals surface area contributed by atoms with E-state index in [0.717, 1.165) is 59.6 Å². The molecule has 1 aliphatic heterocycles. The first-order valence-corrected chi connectivity index (χ1v) is 9.34. The number of hydrogen-bond donors (Lipinski definition) is 2. The van der Waals surface area contributed by atoms with E-state index < -0.39 is 0 Å². The average Bonchev–Trinajstić information content (AvgIpc) is 3.39. The van der Waals surface area contributed by atoms with Crippen molar-refractivity contribution in [3.8, 4) is 0 Å². The summed E-state index contributed by atoms with van der Waals surface area (Å²) in [5.74, 6) is 1.98. The first-order chi connectivity index (χ1) is 13.7. The van der Waals surface area contributed by atoms with Crippen molar-refractivity contribution in [1.82, 2.24) is 24.9 Å². The number of nitrogens with zero attached hydrogens (tertiary/aromatic N) is 4. The summed E-state index contributed by atoms with van der Waals surface area (Å²) in [6.45, 7) is 1.82. The number of benzene rings is 1. The minimum Gasteiger partial charge on any atom is -0.465 e. The summed E-state index contributed by atoms with van der Waals surface area (Å²) < 4.78 is 4.80. The number of esters is 1. The first kappa shape index (κ1) is 16.7. The fourth-order valence-corrected chi connectivity index (χ4v) is 3.94. The number of rotatable bonds is 3. The van der Waals surface area contributed by atoms with E-state index in [0.29, 0.717) is 11.5 Å². The highest BCUT2D eigenvalue weighted by Gasteiger charge is 2.25. The quantitative estimate of drug-likeness (QED) is 0.533. The van der Waals surface area contributed by atoms with Crippen LogP contribution >= 0.6 is 0 Å². The van der Waals surface area contributed by atoms with Gasteiger partial charge in [0.25, 0.3) is 0 Å². The van der Waals surface area contributed by atoms with Gasteiger partial charge in [-0.3, -0.25) is 0 Å². The molecule has 4 heterocycles. The average molecular weight is 376 g/mol. The monoisotopic (exact) mass is 376 g/mol. The van der Waals surface area contributed by atoms with E-state index in [1.54, 1.807) is 18.5 Å². The Labute approximate surface area is 161 Å². The SMILES string of the molecule is COC(=O)c1ccc2nc(C3CCN(c4ncnc5[nH]ccc45)CC3)[nH]c2c1. The van der Waals surface area contributed by atoms with Crippen LogP contribution in [0.5, 0.6) is 0 Å². The lowest BCUT2D eigenvalue weighted by Crippen LogP contribution is -2.33. The molecule has 0 amide bonds. The number of aromatic nitrogens is 5. The lowest BCUT2D eigenvalue weighted by Gasteiger charge is -2.32. The van der Waals surface area contributed by atoms with Gasteiger partial charge in [-0.1, -0.05) is 0 Å². The number of methoxy groups -OCH3 is 1. The van der Waals surface area contributed by atoms with Gasteiger partial charge in [0, 0.05) is 25.2 Å². The van der Waals surface area contributed by atoms with Crippen molar-refractivity contribution in [2.24, 2.45) is 0 Å². The molecule has 1 saturated heterocycles. The second kappa shape index (κ2) is 6.63. The normalized spacial score (nSPS) is 15.4. The van der Waals surface area contributed by atoms with Gasteiger partial charge in [0.05, 0.1) is 29.1 Å². The van der Waals surface area contributed by atoms with Gasteiger partial charge >= 0.3 is 5.97 Å². The molecule has 1 aliphatic rings. The van der Waals surface area contributed by atoms with Crippen LogP contribution in [0.1, 0.15) is 34.9 Å². The van der Waals surface area contributed by atoms with Crippen LogP contribution in [0.3, 0.4) is 0 Å². The van der Waals surface area contributed by atoms with Crippen molar-refractivity contribution in [3.05, 3.63) is 48.2 Å². The zero-order chi connectivity index (χ0) is 19.1. The molecule has 2 N–H and O–H groups in total. The molecule has 0 spiro atoms. The highest BCUT2D eigenvalue weighted by atomic mass is 16.5. The Morgan fingerprint density at radius 3 is 2.89 bits per heavy atom. The fraction of sp³-hybridized carbons (Fsp3) is 0.300. The molecule has 8 nitrogen and oxygen atoms in total. The van der Waals surface area contributed by atoms with Gasteiger partial charge in [-0.05, 0) is 37.1 Å². The molecule has 0 bridgehead atoms.